The summed E-state index contributed by atoms with van der Waals surface area (Å²) in [6.45, 7) is 8.81. The van der Waals surface area contributed by atoms with Crippen molar-refractivity contribution in [3.05, 3.63) is 0 Å². The van der Waals surface area contributed by atoms with Crippen LogP contribution in [0, 0.1) is 11.8 Å². The van der Waals surface area contributed by atoms with Crippen LogP contribution >= 0.6 is 5.24 Å². The summed E-state index contributed by atoms with van der Waals surface area (Å²) in [6, 6.07) is 0. The number of rotatable bonds is 4. The van der Waals surface area contributed by atoms with Gasteiger partial charge in [0, 0.05) is 0 Å². The third-order valence-electron chi connectivity index (χ3n) is 1.29. The molecule has 0 aliphatic carbocycles. The van der Waals surface area contributed by atoms with E-state index in [4.69, 9.17) is 24.1 Å². The first-order valence-corrected chi connectivity index (χ1v) is 8.31. The molecule has 0 fully saturated rings. The molecule has 0 saturated heterocycles. The molecule has 0 atom stereocenters. The van der Waals surface area contributed by atoms with Crippen molar-refractivity contribution in [1.29, 1.82) is 0 Å². The van der Waals surface area contributed by atoms with Crippen molar-refractivity contribution in [1.82, 2.24) is 0 Å². The average Bonchev–Trinajstić information content (AvgIpc) is 1.53. The first-order chi connectivity index (χ1) is 4.83. The van der Waals surface area contributed by atoms with Crippen LogP contribution in [0.3, 0.4) is 0 Å². The van der Waals surface area contributed by atoms with Gasteiger partial charge < -0.3 is 12.2 Å². The van der Waals surface area contributed by atoms with E-state index in [0.717, 1.165) is 12.3 Å². The van der Waals surface area contributed by atoms with Crippen LogP contribution in [0.4, 0.5) is 0 Å². The number of hydrogen-bond acceptors (Lipinski definition) is 2. The molecule has 0 aromatic rings. The summed E-state index contributed by atoms with van der Waals surface area (Å²) >= 11 is 10.8. The predicted octanol–water partition coefficient (Wildman–Crippen LogP) is 0.244. The van der Waals surface area contributed by atoms with Crippen LogP contribution in [-0.4, -0.2) is 12.3 Å². The van der Waals surface area contributed by atoms with Gasteiger partial charge in [0.15, 0.2) is 0 Å². The average molecular weight is 248 g/mol. The van der Waals surface area contributed by atoms with Crippen molar-refractivity contribution >= 4 is 29.3 Å². The molecule has 12 heavy (non-hydrogen) atoms. The summed E-state index contributed by atoms with van der Waals surface area (Å²) in [5.41, 5.74) is 0. The molecule has 0 spiro atoms. The van der Waals surface area contributed by atoms with Gasteiger partial charge in [-0.15, -0.1) is 11.8 Å². The molecule has 0 aromatic carbocycles. The molecule has 0 N–H and O–H groups in total. The quantitative estimate of drug-likeness (QED) is 0.397. The summed E-state index contributed by atoms with van der Waals surface area (Å²) in [4.78, 5) is 0. The summed E-state index contributed by atoms with van der Waals surface area (Å²) in [5, 5.41) is -1.39. The molecule has 0 bridgehead atoms. The van der Waals surface area contributed by atoms with E-state index in [-0.39, 0.29) is 51.4 Å². The molecule has 0 rings (SSSR count). The van der Waals surface area contributed by atoms with E-state index in [0.29, 0.717) is 11.8 Å². The van der Waals surface area contributed by atoms with Gasteiger partial charge in [-0.2, -0.15) is 5.24 Å². The van der Waals surface area contributed by atoms with Crippen molar-refractivity contribution in [3.63, 3.8) is 0 Å². The molecule has 0 radical (unpaired) electrons. The Labute approximate surface area is 130 Å². The van der Waals surface area contributed by atoms with Crippen molar-refractivity contribution in [3.8, 4) is 0 Å². The maximum absolute atomic E-state index is 5.42. The summed E-state index contributed by atoms with van der Waals surface area (Å²) in [6.07, 6.45) is 2.19. The minimum Gasteiger partial charge on any atom is -0.746 e. The minimum absolute atomic E-state index is 0. The van der Waals surface area contributed by atoms with Gasteiger partial charge in [0.2, 0.25) is 0 Å². The van der Waals surface area contributed by atoms with Crippen molar-refractivity contribution in [2.75, 3.05) is 12.3 Å². The van der Waals surface area contributed by atoms with Crippen molar-refractivity contribution < 1.29 is 51.4 Å². The Morgan fingerprint density at radius 2 is 1.33 bits per heavy atom. The fourth-order valence-electron chi connectivity index (χ4n) is 1.19. The first kappa shape index (κ1) is 17.0. The Kier molecular flexibility index (Phi) is 11.2. The van der Waals surface area contributed by atoms with Crippen LogP contribution < -0.4 is 51.4 Å². The molecular weight excluding hydrogens is 230 g/mol. The second-order valence-electron chi connectivity index (χ2n) is 3.97. The Bertz CT molecular complexity index is 143. The monoisotopic (exact) mass is 248 g/mol. The molecule has 68 valence electrons. The Balaban J connectivity index is 0. The first-order valence-electron chi connectivity index (χ1n) is 4.12. The molecule has 0 aliphatic heterocycles. The minimum atomic E-state index is -1.39. The van der Waals surface area contributed by atoms with Gasteiger partial charge in [-0.05, 0) is 24.2 Å². The van der Waals surface area contributed by atoms with Crippen LogP contribution in [0.25, 0.3) is 0 Å². The van der Waals surface area contributed by atoms with Crippen molar-refractivity contribution in [2.45, 2.75) is 27.7 Å². The van der Waals surface area contributed by atoms with Crippen LogP contribution in [0.1, 0.15) is 27.7 Å². The molecule has 0 aliphatic rings. The van der Waals surface area contributed by atoms with Gasteiger partial charge in [0.1, 0.15) is 0 Å². The zero-order chi connectivity index (χ0) is 9.07. The van der Waals surface area contributed by atoms with Gasteiger partial charge in [-0.3, -0.25) is 0 Å². The van der Waals surface area contributed by atoms with Crippen molar-refractivity contribution in [2.24, 2.45) is 11.8 Å². The molecule has 0 aromatic heterocycles. The Morgan fingerprint density at radius 3 is 1.50 bits per heavy atom. The van der Waals surface area contributed by atoms with Gasteiger partial charge >= 0.3 is 51.4 Å². The molecule has 0 saturated carbocycles. The molecule has 0 nitrogen and oxygen atoms in total. The summed E-state index contributed by atoms with van der Waals surface area (Å²) in [5.74, 6) is 1.36. The maximum Gasteiger partial charge on any atom is 1.00 e. The van der Waals surface area contributed by atoms with E-state index in [1.165, 1.54) is 0 Å². The summed E-state index contributed by atoms with van der Waals surface area (Å²) in [7, 11) is 0. The fourth-order valence-corrected chi connectivity index (χ4v) is 7.14. The van der Waals surface area contributed by atoms with Gasteiger partial charge in [0.05, 0.1) is 0 Å². The zero-order valence-corrected chi connectivity index (χ0v) is 14.5. The van der Waals surface area contributed by atoms with Crippen LogP contribution in [-0.2, 0) is 24.1 Å². The maximum atomic E-state index is 5.42. The largest absolute Gasteiger partial charge is 1.00 e. The molecular formula is C8H18KPS2. The Hall–Kier alpha value is 2.64. The normalized spacial score (nSPS) is 11.9. The molecule has 4 heteroatoms. The van der Waals surface area contributed by atoms with Gasteiger partial charge in [-0.25, -0.2) is 0 Å². The van der Waals surface area contributed by atoms with E-state index in [1.54, 1.807) is 0 Å². The fraction of sp³-hybridized carbons (Fsp3) is 1.00. The van der Waals surface area contributed by atoms with E-state index < -0.39 is 5.24 Å². The second kappa shape index (κ2) is 7.87. The van der Waals surface area contributed by atoms with E-state index in [2.05, 4.69) is 27.7 Å². The van der Waals surface area contributed by atoms with Gasteiger partial charge in [0.25, 0.3) is 0 Å². The van der Waals surface area contributed by atoms with Crippen LogP contribution in [0.5, 0.6) is 0 Å². The second-order valence-corrected chi connectivity index (χ2v) is 11.2. The number of hydrogen-bond donors (Lipinski definition) is 0. The van der Waals surface area contributed by atoms with Crippen LogP contribution in [0.2, 0.25) is 0 Å². The van der Waals surface area contributed by atoms with Gasteiger partial charge in [-0.1, -0.05) is 27.7 Å². The third kappa shape index (κ3) is 10.7. The standard InChI is InChI=1S/C8H19PS2.K/c1-7(2)5-9(10,11)6-8(3)4;/h7-8H,5-6H2,1-4H3,(H,10,11);/q;+1/p-1. The SMILES string of the molecule is CC(C)CP(=S)([S-])CC(C)C.[K+]. The van der Waals surface area contributed by atoms with E-state index in [1.807, 2.05) is 0 Å². The van der Waals surface area contributed by atoms with E-state index in [9.17, 15) is 0 Å². The predicted molar refractivity (Wildman–Crippen MR) is 61.1 cm³/mol. The molecule has 0 amide bonds. The van der Waals surface area contributed by atoms with Crippen LogP contribution in [0.15, 0.2) is 0 Å². The zero-order valence-electron chi connectivity index (χ0n) is 8.83. The smallest absolute Gasteiger partial charge is 0.746 e. The summed E-state index contributed by atoms with van der Waals surface area (Å²) < 4.78 is 0. The molecule has 0 heterocycles. The molecule has 0 unspecified atom stereocenters. The Morgan fingerprint density at radius 1 is 1.08 bits per heavy atom. The van der Waals surface area contributed by atoms with E-state index >= 15 is 0 Å². The third-order valence-corrected chi connectivity index (χ3v) is 5.65. The topological polar surface area (TPSA) is 0 Å².